The van der Waals surface area contributed by atoms with Crippen molar-refractivity contribution in [2.24, 2.45) is 0 Å². The molecular formula is C17H16N4O3. The number of nitrogens with one attached hydrogen (secondary N) is 2. The lowest BCUT2D eigenvalue weighted by Gasteiger charge is -2.08. The van der Waals surface area contributed by atoms with Gasteiger partial charge in [-0.25, -0.2) is 4.68 Å². The van der Waals surface area contributed by atoms with Crippen molar-refractivity contribution in [2.75, 3.05) is 7.11 Å². The summed E-state index contributed by atoms with van der Waals surface area (Å²) in [7, 11) is 1.40. The number of amides is 1. The molecule has 7 nitrogen and oxygen atoms in total. The number of hydrogen-bond donors (Lipinski definition) is 2. The van der Waals surface area contributed by atoms with E-state index in [9.17, 15) is 9.59 Å². The van der Waals surface area contributed by atoms with E-state index in [1.165, 1.54) is 19.4 Å². The zero-order valence-corrected chi connectivity index (χ0v) is 13.0. The minimum atomic E-state index is -0.362. The zero-order valence-electron chi connectivity index (χ0n) is 13.0. The molecule has 0 aliphatic rings. The highest BCUT2D eigenvalue weighted by molar-refractivity contribution is 5.92. The number of carbonyl (C=O) groups excluding carboxylic acids is 1. The van der Waals surface area contributed by atoms with E-state index in [-0.39, 0.29) is 22.8 Å². The molecule has 2 aromatic heterocycles. The molecule has 0 saturated carbocycles. The smallest absolute Gasteiger partial charge is 0.268 e. The van der Waals surface area contributed by atoms with Gasteiger partial charge in [-0.2, -0.15) is 5.10 Å². The van der Waals surface area contributed by atoms with Crippen LogP contribution in [0.15, 0.2) is 59.8 Å². The van der Waals surface area contributed by atoms with Crippen molar-refractivity contribution in [1.82, 2.24) is 20.1 Å². The van der Waals surface area contributed by atoms with Crippen LogP contribution in [0.2, 0.25) is 0 Å². The maximum atomic E-state index is 12.1. The van der Waals surface area contributed by atoms with Gasteiger partial charge in [-0.15, -0.1) is 0 Å². The number of ether oxygens (including phenoxy) is 1. The fourth-order valence-corrected chi connectivity index (χ4v) is 2.26. The van der Waals surface area contributed by atoms with Gasteiger partial charge in [0.15, 0.2) is 5.75 Å². The molecule has 0 fully saturated rings. The van der Waals surface area contributed by atoms with Gasteiger partial charge in [-0.05, 0) is 23.8 Å². The molecule has 0 aliphatic carbocycles. The van der Waals surface area contributed by atoms with Crippen molar-refractivity contribution in [2.45, 2.75) is 6.54 Å². The number of methoxy groups -OCH3 is 1. The topological polar surface area (TPSA) is 89.0 Å². The van der Waals surface area contributed by atoms with Crippen LogP contribution >= 0.6 is 0 Å². The minimum absolute atomic E-state index is 0.165. The molecule has 0 atom stereocenters. The summed E-state index contributed by atoms with van der Waals surface area (Å²) in [6.45, 7) is 0.335. The van der Waals surface area contributed by atoms with E-state index in [0.29, 0.717) is 6.54 Å². The summed E-state index contributed by atoms with van der Waals surface area (Å²) in [4.78, 5) is 26.6. The van der Waals surface area contributed by atoms with Crippen molar-refractivity contribution in [3.63, 3.8) is 0 Å². The number of benzene rings is 1. The summed E-state index contributed by atoms with van der Waals surface area (Å²) in [6.07, 6.45) is 4.92. The molecule has 2 heterocycles. The molecule has 1 amide bonds. The first-order chi connectivity index (χ1) is 11.7. The number of aromatic nitrogens is 3. The molecule has 0 radical (unpaired) electrons. The van der Waals surface area contributed by atoms with Gasteiger partial charge in [0, 0.05) is 31.2 Å². The molecule has 0 aliphatic heterocycles. The van der Waals surface area contributed by atoms with Crippen molar-refractivity contribution in [3.8, 4) is 11.4 Å². The Hall–Kier alpha value is -3.35. The van der Waals surface area contributed by atoms with Crippen LogP contribution in [0.5, 0.6) is 5.75 Å². The van der Waals surface area contributed by atoms with Gasteiger partial charge >= 0.3 is 0 Å². The number of carbonyl (C=O) groups is 1. The highest BCUT2D eigenvalue weighted by Crippen LogP contribution is 2.09. The van der Waals surface area contributed by atoms with E-state index in [1.807, 2.05) is 36.5 Å². The fraction of sp³-hybridized carbons (Fsp3) is 0.118. The van der Waals surface area contributed by atoms with Crippen LogP contribution in [0.25, 0.3) is 5.69 Å². The maximum absolute atomic E-state index is 12.1. The second kappa shape index (κ2) is 6.82. The summed E-state index contributed by atoms with van der Waals surface area (Å²) in [6, 6.07) is 10.7. The maximum Gasteiger partial charge on any atom is 0.268 e. The average molecular weight is 324 g/mol. The molecule has 2 N–H and O–H groups in total. The van der Waals surface area contributed by atoms with E-state index < -0.39 is 0 Å². The third-order valence-electron chi connectivity index (χ3n) is 3.47. The molecule has 122 valence electrons. The molecule has 0 saturated heterocycles. The predicted molar refractivity (Wildman–Crippen MR) is 88.3 cm³/mol. The molecule has 1 aromatic carbocycles. The van der Waals surface area contributed by atoms with Crippen LogP contribution in [0, 0.1) is 0 Å². The Bertz CT molecular complexity index is 900. The van der Waals surface area contributed by atoms with E-state index in [0.717, 1.165) is 11.3 Å². The van der Waals surface area contributed by atoms with Gasteiger partial charge in [0.2, 0.25) is 5.43 Å². The quantitative estimate of drug-likeness (QED) is 0.744. The summed E-state index contributed by atoms with van der Waals surface area (Å²) in [5, 5.41) is 6.95. The second-order valence-corrected chi connectivity index (χ2v) is 5.08. The van der Waals surface area contributed by atoms with Crippen molar-refractivity contribution in [1.29, 1.82) is 0 Å². The Morgan fingerprint density at radius 1 is 1.33 bits per heavy atom. The number of rotatable bonds is 5. The molecule has 3 rings (SSSR count). The van der Waals surface area contributed by atoms with Gasteiger partial charge in [0.05, 0.1) is 12.8 Å². The van der Waals surface area contributed by atoms with Crippen LogP contribution < -0.4 is 15.5 Å². The third-order valence-corrected chi connectivity index (χ3v) is 3.47. The monoisotopic (exact) mass is 324 g/mol. The van der Waals surface area contributed by atoms with E-state index in [1.54, 1.807) is 10.9 Å². The largest absolute Gasteiger partial charge is 0.491 e. The molecule has 0 unspecified atom stereocenters. The number of aromatic amines is 1. The fourth-order valence-electron chi connectivity index (χ4n) is 2.26. The Morgan fingerprint density at radius 3 is 2.92 bits per heavy atom. The van der Waals surface area contributed by atoms with Crippen LogP contribution in [0.3, 0.4) is 0 Å². The highest BCUT2D eigenvalue weighted by Gasteiger charge is 2.09. The lowest BCUT2D eigenvalue weighted by Crippen LogP contribution is -2.25. The van der Waals surface area contributed by atoms with Crippen molar-refractivity contribution in [3.05, 3.63) is 76.5 Å². The summed E-state index contributed by atoms with van der Waals surface area (Å²) < 4.78 is 6.62. The molecule has 7 heteroatoms. The minimum Gasteiger partial charge on any atom is -0.491 e. The zero-order chi connectivity index (χ0) is 16.9. The molecule has 3 aromatic rings. The normalized spacial score (nSPS) is 10.4. The van der Waals surface area contributed by atoms with E-state index >= 15 is 0 Å². The lowest BCUT2D eigenvalue weighted by atomic mass is 10.2. The Balaban J connectivity index is 1.69. The predicted octanol–water partition coefficient (Wildman–Crippen LogP) is 1.50. The third kappa shape index (κ3) is 3.35. The first-order valence-corrected chi connectivity index (χ1v) is 7.31. The standard InChI is InChI=1S/C17H16N4O3/c1-24-16-11-18-14(9-15(16)22)17(23)19-10-12-4-2-5-13(8-12)21-7-3-6-20-21/h2-9,11H,10H2,1H3,(H,18,22)(H,19,23). The average Bonchev–Trinajstić information content (AvgIpc) is 3.14. The van der Waals surface area contributed by atoms with Gasteiger partial charge in [0.1, 0.15) is 5.69 Å². The van der Waals surface area contributed by atoms with E-state index in [2.05, 4.69) is 15.4 Å². The van der Waals surface area contributed by atoms with E-state index in [4.69, 9.17) is 4.74 Å². The summed E-state index contributed by atoms with van der Waals surface area (Å²) in [5.41, 5.74) is 1.67. The van der Waals surface area contributed by atoms with Crippen LogP contribution in [-0.4, -0.2) is 27.8 Å². The molecule has 0 spiro atoms. The van der Waals surface area contributed by atoms with Crippen LogP contribution in [0.4, 0.5) is 0 Å². The highest BCUT2D eigenvalue weighted by atomic mass is 16.5. The molecular weight excluding hydrogens is 308 g/mol. The molecule has 0 bridgehead atoms. The number of nitrogens with zero attached hydrogens (tertiary/aromatic N) is 2. The second-order valence-electron chi connectivity index (χ2n) is 5.08. The van der Waals surface area contributed by atoms with Crippen molar-refractivity contribution >= 4 is 5.91 Å². The SMILES string of the molecule is COc1c[nH]c(C(=O)NCc2cccc(-n3cccn3)c2)cc1=O. The summed E-state index contributed by atoms with van der Waals surface area (Å²) >= 11 is 0. The van der Waals surface area contributed by atoms with Gasteiger partial charge < -0.3 is 15.0 Å². The summed E-state index contributed by atoms with van der Waals surface area (Å²) in [5.74, 6) is -0.197. The first kappa shape index (κ1) is 15.5. The Labute approximate surface area is 137 Å². The van der Waals surface area contributed by atoms with Crippen molar-refractivity contribution < 1.29 is 9.53 Å². The van der Waals surface area contributed by atoms with Gasteiger partial charge in [0.25, 0.3) is 5.91 Å². The van der Waals surface area contributed by atoms with Gasteiger partial charge in [-0.3, -0.25) is 9.59 Å². The number of hydrogen-bond acceptors (Lipinski definition) is 4. The van der Waals surface area contributed by atoms with Crippen LogP contribution in [-0.2, 0) is 6.54 Å². The number of H-pyrrole nitrogens is 1. The molecule has 24 heavy (non-hydrogen) atoms. The Kier molecular flexibility index (Phi) is 4.42. The first-order valence-electron chi connectivity index (χ1n) is 7.31. The number of pyridine rings is 1. The van der Waals surface area contributed by atoms with Gasteiger partial charge in [-0.1, -0.05) is 12.1 Å². The van der Waals surface area contributed by atoms with Crippen LogP contribution in [0.1, 0.15) is 16.1 Å². The Morgan fingerprint density at radius 2 is 2.21 bits per heavy atom. The lowest BCUT2D eigenvalue weighted by molar-refractivity contribution is 0.0945.